The largest absolute Gasteiger partial charge is 0.266 e. The van der Waals surface area contributed by atoms with E-state index >= 15 is 0 Å². The summed E-state index contributed by atoms with van der Waals surface area (Å²) in [5.41, 5.74) is 1.17. The highest BCUT2D eigenvalue weighted by atomic mass is 28.3. The molecule has 0 amide bonds. The van der Waals surface area contributed by atoms with Gasteiger partial charge in [-0.15, -0.1) is 0 Å². The minimum Gasteiger partial charge on any atom is -0.174 e. The molecule has 122 valence electrons. The Morgan fingerprint density at radius 1 is 1.05 bits per heavy atom. The van der Waals surface area contributed by atoms with Gasteiger partial charge in [-0.2, -0.15) is 8.78 Å². The van der Waals surface area contributed by atoms with Gasteiger partial charge in [-0.05, 0) is 24.5 Å². The van der Waals surface area contributed by atoms with Gasteiger partial charge in [0.05, 0.1) is 0 Å². The van der Waals surface area contributed by atoms with Gasteiger partial charge in [-0.25, -0.2) is 0 Å². The van der Waals surface area contributed by atoms with Gasteiger partial charge in [-0.1, -0.05) is 87.0 Å². The van der Waals surface area contributed by atoms with E-state index in [0.29, 0.717) is 11.6 Å². The molecule has 0 heterocycles. The first-order valence-corrected chi connectivity index (χ1v) is 11.2. The summed E-state index contributed by atoms with van der Waals surface area (Å²) in [6, 6.07) is 9.80. The van der Waals surface area contributed by atoms with E-state index in [0.717, 1.165) is 30.9 Å². The predicted molar refractivity (Wildman–Crippen MR) is 95.3 cm³/mol. The van der Waals surface area contributed by atoms with Crippen molar-refractivity contribution in [3.05, 3.63) is 53.3 Å². The molecule has 0 saturated heterocycles. The van der Waals surface area contributed by atoms with Gasteiger partial charge >= 0.3 is 0 Å². The fourth-order valence-electron chi connectivity index (χ4n) is 2.71. The third-order valence-corrected chi connectivity index (χ3v) is 7.83. The average molecular weight is 323 g/mol. The van der Waals surface area contributed by atoms with Crippen molar-refractivity contribution in [1.82, 2.24) is 0 Å². The lowest BCUT2D eigenvalue weighted by molar-refractivity contribution is 0.414. The third kappa shape index (κ3) is 5.20. The Labute approximate surface area is 135 Å². The molecule has 0 nitrogen and oxygen atoms in total. The Bertz CT molecular complexity index is 511. The second kappa shape index (κ2) is 9.04. The number of benzene rings is 1. The summed E-state index contributed by atoms with van der Waals surface area (Å²) in [6.07, 6.45) is 5.08. The van der Waals surface area contributed by atoms with E-state index in [1.54, 1.807) is 0 Å². The number of hydrogen-bond donors (Lipinski definition) is 0. The number of unbranched alkanes of at least 4 members (excludes halogenated alkanes) is 1. The van der Waals surface area contributed by atoms with Crippen molar-refractivity contribution in [3.8, 4) is 0 Å². The van der Waals surface area contributed by atoms with Crippen molar-refractivity contribution in [3.63, 3.8) is 0 Å². The van der Waals surface area contributed by atoms with Crippen LogP contribution in [-0.2, 0) is 0 Å². The fourth-order valence-corrected chi connectivity index (χ4v) is 5.23. The van der Waals surface area contributed by atoms with Crippen LogP contribution in [0.1, 0.15) is 46.0 Å². The summed E-state index contributed by atoms with van der Waals surface area (Å²) < 4.78 is 27.4. The van der Waals surface area contributed by atoms with E-state index in [9.17, 15) is 8.78 Å². The van der Waals surface area contributed by atoms with Gasteiger partial charge in [0.2, 0.25) is 0 Å². The first-order valence-electron chi connectivity index (χ1n) is 8.21. The SMILES string of the molecule is CCC/C=C(\CCC)CC(=C(F)F)[Si](C)(C)c1ccccc1. The zero-order valence-electron chi connectivity index (χ0n) is 14.3. The number of halogens is 2. The monoisotopic (exact) mass is 322 g/mol. The Hall–Kier alpha value is -1.22. The lowest BCUT2D eigenvalue weighted by Crippen LogP contribution is -2.44. The number of allylic oxidation sites excluding steroid dienone is 3. The zero-order chi connectivity index (χ0) is 16.6. The van der Waals surface area contributed by atoms with Crippen LogP contribution >= 0.6 is 0 Å². The molecule has 0 saturated carbocycles. The highest BCUT2D eigenvalue weighted by Crippen LogP contribution is 2.29. The molecule has 0 bridgehead atoms. The molecule has 0 aliphatic carbocycles. The molecular formula is C19H28F2Si. The van der Waals surface area contributed by atoms with Crippen LogP contribution in [0.5, 0.6) is 0 Å². The summed E-state index contributed by atoms with van der Waals surface area (Å²) in [5, 5.41) is 1.46. The van der Waals surface area contributed by atoms with Crippen LogP contribution in [0, 0.1) is 0 Å². The highest BCUT2D eigenvalue weighted by Gasteiger charge is 2.32. The maximum absolute atomic E-state index is 13.7. The van der Waals surface area contributed by atoms with Crippen LogP contribution in [0.3, 0.4) is 0 Å². The summed E-state index contributed by atoms with van der Waals surface area (Å²) >= 11 is 0. The predicted octanol–water partition coefficient (Wildman–Crippen LogP) is 6.21. The zero-order valence-corrected chi connectivity index (χ0v) is 15.3. The van der Waals surface area contributed by atoms with Crippen LogP contribution in [0.15, 0.2) is 53.3 Å². The molecule has 0 atom stereocenters. The standard InChI is InChI=1S/C19H28F2Si/c1-5-7-12-16(11-6-2)15-18(19(20)21)22(3,4)17-13-9-8-10-14-17/h8-10,12-14H,5-7,11,15H2,1-4H3/b16-12+. The van der Waals surface area contributed by atoms with Crippen molar-refractivity contribution in [2.75, 3.05) is 0 Å². The summed E-state index contributed by atoms with van der Waals surface area (Å²) in [5.74, 6) is 0. The first kappa shape index (κ1) is 18.8. The Balaban J connectivity index is 3.11. The first-order chi connectivity index (χ1) is 10.4. The molecule has 0 N–H and O–H groups in total. The maximum Gasteiger partial charge on any atom is 0.266 e. The van der Waals surface area contributed by atoms with Gasteiger partial charge in [-0.3, -0.25) is 0 Å². The van der Waals surface area contributed by atoms with Crippen LogP contribution in [0.4, 0.5) is 8.78 Å². The van der Waals surface area contributed by atoms with Crippen molar-refractivity contribution >= 4 is 13.3 Å². The number of hydrogen-bond acceptors (Lipinski definition) is 0. The molecule has 0 fully saturated rings. The van der Waals surface area contributed by atoms with Crippen LogP contribution in [0.25, 0.3) is 0 Å². The molecule has 0 spiro atoms. The third-order valence-electron chi connectivity index (χ3n) is 4.17. The smallest absolute Gasteiger partial charge is 0.174 e. The maximum atomic E-state index is 13.7. The number of rotatable bonds is 8. The van der Waals surface area contributed by atoms with E-state index in [2.05, 4.69) is 19.9 Å². The van der Waals surface area contributed by atoms with E-state index in [1.165, 1.54) is 5.57 Å². The minimum absolute atomic E-state index is 0.384. The Morgan fingerprint density at radius 3 is 2.18 bits per heavy atom. The second-order valence-electron chi connectivity index (χ2n) is 6.31. The highest BCUT2D eigenvalue weighted by molar-refractivity contribution is 6.95. The molecule has 22 heavy (non-hydrogen) atoms. The van der Waals surface area contributed by atoms with Gasteiger partial charge in [0, 0.05) is 0 Å². The lowest BCUT2D eigenvalue weighted by atomic mass is 10.1. The van der Waals surface area contributed by atoms with Gasteiger partial charge < -0.3 is 0 Å². The summed E-state index contributed by atoms with van der Waals surface area (Å²) in [6.45, 7) is 8.28. The topological polar surface area (TPSA) is 0 Å². The van der Waals surface area contributed by atoms with Crippen molar-refractivity contribution < 1.29 is 8.78 Å². The van der Waals surface area contributed by atoms with Crippen LogP contribution in [-0.4, -0.2) is 8.07 Å². The molecule has 1 aromatic carbocycles. The molecule has 0 aromatic heterocycles. The lowest BCUT2D eigenvalue weighted by Gasteiger charge is -2.26. The van der Waals surface area contributed by atoms with E-state index in [4.69, 9.17) is 0 Å². The molecule has 0 aliphatic heterocycles. The molecular weight excluding hydrogens is 294 g/mol. The second-order valence-corrected chi connectivity index (χ2v) is 10.7. The van der Waals surface area contributed by atoms with Crippen molar-refractivity contribution in [2.45, 2.75) is 59.0 Å². The van der Waals surface area contributed by atoms with E-state index < -0.39 is 14.2 Å². The fraction of sp³-hybridized carbons (Fsp3) is 0.474. The molecule has 3 heteroatoms. The van der Waals surface area contributed by atoms with Gasteiger partial charge in [0.25, 0.3) is 6.08 Å². The normalized spacial score (nSPS) is 12.4. The summed E-state index contributed by atoms with van der Waals surface area (Å²) in [4.78, 5) is 0. The molecule has 0 unspecified atom stereocenters. The van der Waals surface area contributed by atoms with Crippen molar-refractivity contribution in [2.24, 2.45) is 0 Å². The minimum atomic E-state index is -2.31. The average Bonchev–Trinajstić information content (AvgIpc) is 2.50. The molecule has 0 radical (unpaired) electrons. The van der Waals surface area contributed by atoms with Gasteiger partial charge in [0.1, 0.15) is 8.07 Å². The van der Waals surface area contributed by atoms with E-state index in [1.807, 2.05) is 43.4 Å². The quantitative estimate of drug-likeness (QED) is 0.394. The van der Waals surface area contributed by atoms with Crippen molar-refractivity contribution in [1.29, 1.82) is 0 Å². The Kier molecular flexibility index (Phi) is 7.73. The molecule has 1 aromatic rings. The Morgan fingerprint density at radius 2 is 1.68 bits per heavy atom. The van der Waals surface area contributed by atoms with Crippen LogP contribution < -0.4 is 5.19 Å². The molecule has 1 rings (SSSR count). The van der Waals surface area contributed by atoms with E-state index in [-0.39, 0.29) is 0 Å². The molecule has 0 aliphatic rings. The van der Waals surface area contributed by atoms with Crippen LogP contribution in [0.2, 0.25) is 13.1 Å². The van der Waals surface area contributed by atoms with Gasteiger partial charge in [0.15, 0.2) is 0 Å². The summed E-state index contributed by atoms with van der Waals surface area (Å²) in [7, 11) is -2.31.